The highest BCUT2D eigenvalue weighted by atomic mass is 32.1. The van der Waals surface area contributed by atoms with E-state index in [9.17, 15) is 4.79 Å². The minimum atomic E-state index is -0.141. The summed E-state index contributed by atoms with van der Waals surface area (Å²) >= 11 is 1.58. The number of hydrogen-bond acceptors (Lipinski definition) is 6. The minimum Gasteiger partial charge on any atom is -0.497 e. The van der Waals surface area contributed by atoms with Crippen molar-refractivity contribution < 1.29 is 14.3 Å². The molecule has 8 heteroatoms. The van der Waals surface area contributed by atoms with Gasteiger partial charge in [-0.1, -0.05) is 12.1 Å². The van der Waals surface area contributed by atoms with Crippen molar-refractivity contribution in [1.82, 2.24) is 20.1 Å². The lowest BCUT2D eigenvalue weighted by Gasteiger charge is -2.23. The van der Waals surface area contributed by atoms with E-state index in [0.29, 0.717) is 18.9 Å². The van der Waals surface area contributed by atoms with E-state index in [4.69, 9.17) is 19.6 Å². The van der Waals surface area contributed by atoms with Crippen molar-refractivity contribution >= 4 is 17.2 Å². The summed E-state index contributed by atoms with van der Waals surface area (Å²) in [7, 11) is 1.68. The Morgan fingerprint density at radius 1 is 1.20 bits per heavy atom. The van der Waals surface area contributed by atoms with Gasteiger partial charge in [0.05, 0.1) is 36.5 Å². The van der Waals surface area contributed by atoms with Gasteiger partial charge in [0.1, 0.15) is 10.8 Å². The average Bonchev–Trinajstić information content (AvgIpc) is 3.49. The molecule has 35 heavy (non-hydrogen) atoms. The fourth-order valence-corrected chi connectivity index (χ4v) is 5.22. The molecule has 1 aromatic carbocycles. The van der Waals surface area contributed by atoms with Crippen molar-refractivity contribution in [1.29, 1.82) is 0 Å². The number of thiazole rings is 1. The molecule has 1 aliphatic rings. The normalized spacial score (nSPS) is 14.7. The van der Waals surface area contributed by atoms with Gasteiger partial charge in [-0.2, -0.15) is 5.10 Å². The third-order valence-electron chi connectivity index (χ3n) is 6.37. The minimum absolute atomic E-state index is 0.0263. The molecule has 1 aliphatic heterocycles. The molecule has 3 aromatic rings. The van der Waals surface area contributed by atoms with Crippen molar-refractivity contribution in [3.05, 3.63) is 52.8 Å². The summed E-state index contributed by atoms with van der Waals surface area (Å²) in [4.78, 5) is 17.3. The van der Waals surface area contributed by atoms with Gasteiger partial charge >= 0.3 is 0 Å². The number of nitrogens with one attached hydrogen (secondary N) is 1. The number of aryl methyl sites for hydroxylation is 1. The zero-order valence-electron chi connectivity index (χ0n) is 21.2. The highest BCUT2D eigenvalue weighted by molar-refractivity contribution is 7.13. The van der Waals surface area contributed by atoms with Gasteiger partial charge in [-0.25, -0.2) is 4.98 Å². The average molecular weight is 497 g/mol. The SMILES string of the molecule is COc1ccc(CCc2c(-c3nc(CC(=O)NCC4CCOCC4)cs3)cnn2C(C)(C)C)cc1. The second-order valence-corrected chi connectivity index (χ2v) is 11.0. The van der Waals surface area contributed by atoms with E-state index in [0.717, 1.165) is 66.6 Å². The smallest absolute Gasteiger partial charge is 0.226 e. The van der Waals surface area contributed by atoms with Crippen LogP contribution in [-0.2, 0) is 34.3 Å². The first-order valence-electron chi connectivity index (χ1n) is 12.3. The van der Waals surface area contributed by atoms with Crippen LogP contribution in [0.5, 0.6) is 5.75 Å². The van der Waals surface area contributed by atoms with Crippen LogP contribution in [0.1, 0.15) is 50.6 Å². The van der Waals surface area contributed by atoms with Crippen LogP contribution in [0.4, 0.5) is 0 Å². The predicted molar refractivity (Wildman–Crippen MR) is 139 cm³/mol. The zero-order chi connectivity index (χ0) is 24.8. The van der Waals surface area contributed by atoms with Crippen LogP contribution in [0.2, 0.25) is 0 Å². The van der Waals surface area contributed by atoms with Gasteiger partial charge in [-0.05, 0) is 70.1 Å². The molecule has 0 aliphatic carbocycles. The maximum absolute atomic E-state index is 12.5. The van der Waals surface area contributed by atoms with Gasteiger partial charge < -0.3 is 14.8 Å². The third kappa shape index (κ3) is 6.70. The quantitative estimate of drug-likeness (QED) is 0.467. The van der Waals surface area contributed by atoms with Gasteiger partial charge in [0.15, 0.2) is 0 Å². The highest BCUT2D eigenvalue weighted by Crippen LogP contribution is 2.31. The molecule has 1 N–H and O–H groups in total. The Morgan fingerprint density at radius 3 is 2.63 bits per heavy atom. The summed E-state index contributed by atoms with van der Waals surface area (Å²) in [6, 6.07) is 8.21. The number of aromatic nitrogens is 3. The molecule has 3 heterocycles. The first kappa shape index (κ1) is 25.4. The fourth-order valence-electron chi connectivity index (χ4n) is 4.37. The molecular formula is C27H36N4O3S. The van der Waals surface area contributed by atoms with Crippen LogP contribution in [0.25, 0.3) is 10.6 Å². The Balaban J connectivity index is 1.45. The summed E-state index contributed by atoms with van der Waals surface area (Å²) in [5.41, 5.74) is 4.13. The van der Waals surface area contributed by atoms with Crippen LogP contribution in [-0.4, -0.2) is 47.5 Å². The van der Waals surface area contributed by atoms with Crippen LogP contribution < -0.4 is 10.1 Å². The molecule has 0 unspecified atom stereocenters. The number of carbonyl (C=O) groups excluding carboxylic acids is 1. The summed E-state index contributed by atoms with van der Waals surface area (Å²) in [5, 5.41) is 10.7. The number of hydrogen-bond donors (Lipinski definition) is 1. The Labute approximate surface area is 211 Å². The molecule has 4 rings (SSSR count). The van der Waals surface area contributed by atoms with Gasteiger partial charge in [0.2, 0.25) is 5.91 Å². The second-order valence-electron chi connectivity index (χ2n) is 10.1. The molecule has 7 nitrogen and oxygen atoms in total. The van der Waals surface area contributed by atoms with E-state index in [1.165, 1.54) is 5.56 Å². The monoisotopic (exact) mass is 496 g/mol. The Kier molecular flexibility index (Phi) is 8.23. The number of carbonyl (C=O) groups is 1. The summed E-state index contributed by atoms with van der Waals surface area (Å²) in [5.74, 6) is 1.40. The Bertz CT molecular complexity index is 1110. The fraction of sp³-hybridized carbons (Fsp3) is 0.519. The standard InChI is InChI=1S/C27H36N4O3S/c1-27(2,3)31-24(10-7-19-5-8-22(33-4)9-6-19)23(17-29-31)26-30-21(18-35-26)15-25(32)28-16-20-11-13-34-14-12-20/h5-6,8-9,17-18,20H,7,10-16H2,1-4H3,(H,28,32). The van der Waals surface area contributed by atoms with Crippen LogP contribution >= 0.6 is 11.3 Å². The van der Waals surface area contributed by atoms with E-state index in [1.54, 1.807) is 18.4 Å². The van der Waals surface area contributed by atoms with E-state index in [-0.39, 0.29) is 11.4 Å². The van der Waals surface area contributed by atoms with Crippen LogP contribution in [0.3, 0.4) is 0 Å². The first-order valence-corrected chi connectivity index (χ1v) is 13.2. The lowest BCUT2D eigenvalue weighted by molar-refractivity contribution is -0.120. The number of rotatable bonds is 9. The first-order chi connectivity index (χ1) is 16.8. The van der Waals surface area contributed by atoms with Crippen molar-refractivity contribution in [3.8, 4) is 16.3 Å². The molecule has 0 radical (unpaired) electrons. The number of nitrogens with zero attached hydrogens (tertiary/aromatic N) is 3. The van der Waals surface area contributed by atoms with Crippen molar-refractivity contribution in [3.63, 3.8) is 0 Å². The van der Waals surface area contributed by atoms with Gasteiger partial charge in [0.25, 0.3) is 0 Å². The maximum atomic E-state index is 12.5. The molecule has 0 spiro atoms. The molecule has 0 bridgehead atoms. The van der Waals surface area contributed by atoms with Crippen LogP contribution in [0, 0.1) is 5.92 Å². The van der Waals surface area contributed by atoms with Crippen molar-refractivity contribution in [2.24, 2.45) is 5.92 Å². The number of methoxy groups -OCH3 is 1. The van der Waals surface area contributed by atoms with Crippen LogP contribution in [0.15, 0.2) is 35.8 Å². The lowest BCUT2D eigenvalue weighted by atomic mass is 10.0. The summed E-state index contributed by atoms with van der Waals surface area (Å²) in [6.07, 6.45) is 5.98. The maximum Gasteiger partial charge on any atom is 0.226 e. The second kappa shape index (κ2) is 11.4. The zero-order valence-corrected chi connectivity index (χ0v) is 22.0. The van der Waals surface area contributed by atoms with Gasteiger partial charge in [-0.3, -0.25) is 9.48 Å². The Morgan fingerprint density at radius 2 is 1.94 bits per heavy atom. The van der Waals surface area contributed by atoms with Crippen molar-refractivity contribution in [2.75, 3.05) is 26.9 Å². The molecule has 2 aromatic heterocycles. The van der Waals surface area contributed by atoms with Gasteiger partial charge in [-0.15, -0.1) is 11.3 Å². The van der Waals surface area contributed by atoms with E-state index < -0.39 is 0 Å². The molecule has 0 atom stereocenters. The number of amides is 1. The number of ether oxygens (including phenoxy) is 2. The lowest BCUT2D eigenvalue weighted by Crippen LogP contribution is -2.33. The van der Waals surface area contributed by atoms with E-state index in [2.05, 4.69) is 42.9 Å². The predicted octanol–water partition coefficient (Wildman–Crippen LogP) is 4.64. The molecular weight excluding hydrogens is 460 g/mol. The topological polar surface area (TPSA) is 78.3 Å². The molecule has 1 saturated heterocycles. The third-order valence-corrected chi connectivity index (χ3v) is 7.29. The molecule has 188 valence electrons. The van der Waals surface area contributed by atoms with E-state index in [1.807, 2.05) is 23.7 Å². The van der Waals surface area contributed by atoms with E-state index >= 15 is 0 Å². The molecule has 0 saturated carbocycles. The largest absolute Gasteiger partial charge is 0.497 e. The summed E-state index contributed by atoms with van der Waals surface area (Å²) in [6.45, 7) is 8.79. The molecule has 1 amide bonds. The highest BCUT2D eigenvalue weighted by Gasteiger charge is 2.23. The van der Waals surface area contributed by atoms with Gasteiger partial charge in [0, 0.05) is 30.8 Å². The molecule has 1 fully saturated rings. The summed E-state index contributed by atoms with van der Waals surface area (Å²) < 4.78 is 12.8. The Hall–Kier alpha value is -2.71. The number of benzene rings is 1. The van der Waals surface area contributed by atoms with Crippen molar-refractivity contribution in [2.45, 2.75) is 58.4 Å².